The van der Waals surface area contributed by atoms with Gasteiger partial charge >= 0.3 is 5.97 Å². The van der Waals surface area contributed by atoms with E-state index in [1.165, 1.54) is 12.5 Å². The lowest BCUT2D eigenvalue weighted by Crippen LogP contribution is -2.42. The Hall–Kier alpha value is -0.790. The summed E-state index contributed by atoms with van der Waals surface area (Å²) in [7, 11) is 0. The first-order chi connectivity index (χ1) is 6.08. The molecule has 1 rings (SSSR count). The number of rotatable bonds is 4. The highest BCUT2D eigenvalue weighted by molar-refractivity contribution is 5.81. The van der Waals surface area contributed by atoms with Gasteiger partial charge in [-0.15, -0.1) is 0 Å². The molecule has 0 aliphatic heterocycles. The summed E-state index contributed by atoms with van der Waals surface area (Å²) >= 11 is 0. The van der Waals surface area contributed by atoms with Crippen molar-refractivity contribution in [2.24, 2.45) is 5.92 Å². The van der Waals surface area contributed by atoms with Crippen LogP contribution in [0.25, 0.3) is 0 Å². The molecule has 0 aromatic heterocycles. The predicted octanol–water partition coefficient (Wildman–Crippen LogP) is 2.68. The molecule has 74 valence electrons. The van der Waals surface area contributed by atoms with E-state index in [2.05, 4.69) is 20.4 Å². The summed E-state index contributed by atoms with van der Waals surface area (Å²) in [6.07, 6.45) is 5.44. The summed E-state index contributed by atoms with van der Waals surface area (Å²) < 4.78 is 5.38. The topological polar surface area (TPSA) is 26.3 Å². The minimum Gasteiger partial charge on any atom is -0.456 e. The van der Waals surface area contributed by atoms with Crippen molar-refractivity contribution in [2.45, 2.75) is 45.1 Å². The molecule has 0 bridgehead atoms. The quantitative estimate of drug-likeness (QED) is 0.493. The van der Waals surface area contributed by atoms with Crippen LogP contribution in [0, 0.1) is 5.92 Å². The Morgan fingerprint density at radius 1 is 1.62 bits per heavy atom. The van der Waals surface area contributed by atoms with Gasteiger partial charge in [-0.05, 0) is 31.6 Å². The van der Waals surface area contributed by atoms with Crippen LogP contribution in [0.4, 0.5) is 0 Å². The molecule has 0 heterocycles. The molecule has 13 heavy (non-hydrogen) atoms. The summed E-state index contributed by atoms with van der Waals surface area (Å²) in [6, 6.07) is 0. The third-order valence-electron chi connectivity index (χ3n) is 2.53. The Labute approximate surface area is 80.0 Å². The summed E-state index contributed by atoms with van der Waals surface area (Å²) in [6.45, 7) is 7.72. The Morgan fingerprint density at radius 3 is 2.54 bits per heavy atom. The number of ether oxygens (including phenoxy) is 1. The van der Waals surface area contributed by atoms with Crippen molar-refractivity contribution in [3.05, 3.63) is 12.7 Å². The molecular formula is C11H18O2. The fraction of sp³-hybridized carbons (Fsp3) is 0.727. The largest absolute Gasteiger partial charge is 0.456 e. The summed E-state index contributed by atoms with van der Waals surface area (Å²) in [5, 5.41) is 0. The zero-order valence-corrected chi connectivity index (χ0v) is 8.51. The number of carbonyl (C=O) groups excluding carboxylic acids is 1. The highest BCUT2D eigenvalue weighted by Gasteiger charge is 2.40. The zero-order valence-electron chi connectivity index (χ0n) is 8.51. The van der Waals surface area contributed by atoms with Crippen molar-refractivity contribution in [3.63, 3.8) is 0 Å². The first-order valence-electron chi connectivity index (χ1n) is 4.93. The summed E-state index contributed by atoms with van der Waals surface area (Å²) in [5.74, 6) is 0.304. The zero-order chi connectivity index (χ0) is 9.90. The number of esters is 1. The fourth-order valence-electron chi connectivity index (χ4n) is 1.92. The Bertz CT molecular complexity index is 202. The molecule has 0 unspecified atom stereocenters. The fourth-order valence-corrected chi connectivity index (χ4v) is 1.92. The van der Waals surface area contributed by atoms with Gasteiger partial charge in [0.25, 0.3) is 0 Å². The lowest BCUT2D eigenvalue weighted by atomic mass is 9.75. The molecule has 0 N–H and O–H groups in total. The van der Waals surface area contributed by atoms with Gasteiger partial charge in [0, 0.05) is 6.08 Å². The average Bonchev–Trinajstić information content (AvgIpc) is 1.99. The molecule has 1 saturated carbocycles. The van der Waals surface area contributed by atoms with E-state index in [1.807, 2.05) is 0 Å². The lowest BCUT2D eigenvalue weighted by molar-refractivity contribution is -0.165. The smallest absolute Gasteiger partial charge is 0.330 e. The number of hydrogen-bond donors (Lipinski definition) is 0. The number of carbonyl (C=O) groups is 1. The molecule has 0 atom stereocenters. The van der Waals surface area contributed by atoms with E-state index in [0.717, 1.165) is 19.3 Å². The van der Waals surface area contributed by atoms with E-state index >= 15 is 0 Å². The van der Waals surface area contributed by atoms with Crippen LogP contribution in [0.15, 0.2) is 12.7 Å². The highest BCUT2D eigenvalue weighted by Crippen LogP contribution is 2.40. The van der Waals surface area contributed by atoms with E-state index in [4.69, 9.17) is 4.74 Å². The minimum absolute atomic E-state index is 0.153. The summed E-state index contributed by atoms with van der Waals surface area (Å²) in [5.41, 5.74) is -0.153. The van der Waals surface area contributed by atoms with Crippen LogP contribution in [-0.2, 0) is 9.53 Å². The van der Waals surface area contributed by atoms with Crippen molar-refractivity contribution in [1.82, 2.24) is 0 Å². The van der Waals surface area contributed by atoms with Crippen LogP contribution < -0.4 is 0 Å². The molecule has 0 aromatic rings. The normalized spacial score (nSPS) is 19.3. The molecule has 0 saturated heterocycles. The highest BCUT2D eigenvalue weighted by atomic mass is 16.6. The lowest BCUT2D eigenvalue weighted by Gasteiger charge is -2.42. The maximum absolute atomic E-state index is 11.1. The number of hydrogen-bond acceptors (Lipinski definition) is 2. The van der Waals surface area contributed by atoms with Crippen LogP contribution in [0.5, 0.6) is 0 Å². The third-order valence-corrected chi connectivity index (χ3v) is 2.53. The molecule has 0 spiro atoms. The second-order valence-electron chi connectivity index (χ2n) is 4.26. The van der Waals surface area contributed by atoms with Gasteiger partial charge in [-0.1, -0.05) is 20.4 Å². The predicted molar refractivity (Wildman–Crippen MR) is 52.3 cm³/mol. The van der Waals surface area contributed by atoms with Gasteiger partial charge < -0.3 is 4.74 Å². The van der Waals surface area contributed by atoms with Gasteiger partial charge in [0.2, 0.25) is 0 Å². The van der Waals surface area contributed by atoms with Crippen LogP contribution in [0.3, 0.4) is 0 Å². The minimum atomic E-state index is -0.277. The van der Waals surface area contributed by atoms with Gasteiger partial charge in [-0.2, -0.15) is 0 Å². The van der Waals surface area contributed by atoms with Gasteiger partial charge in [0.05, 0.1) is 0 Å². The second-order valence-corrected chi connectivity index (χ2v) is 4.26. The molecular weight excluding hydrogens is 164 g/mol. The first-order valence-corrected chi connectivity index (χ1v) is 4.93. The van der Waals surface area contributed by atoms with E-state index in [-0.39, 0.29) is 11.6 Å². The summed E-state index contributed by atoms with van der Waals surface area (Å²) in [4.78, 5) is 11.1. The van der Waals surface area contributed by atoms with E-state index in [9.17, 15) is 4.79 Å². The van der Waals surface area contributed by atoms with E-state index < -0.39 is 0 Å². The van der Waals surface area contributed by atoms with Crippen molar-refractivity contribution in [3.8, 4) is 0 Å². The van der Waals surface area contributed by atoms with E-state index in [0.29, 0.717) is 5.92 Å². The molecule has 0 aromatic carbocycles. The van der Waals surface area contributed by atoms with Crippen molar-refractivity contribution < 1.29 is 9.53 Å². The third kappa shape index (κ3) is 2.58. The van der Waals surface area contributed by atoms with Gasteiger partial charge in [-0.25, -0.2) is 4.79 Å². The standard InChI is InChI=1S/C11H18O2/c1-4-10(12)13-11(6-5-7-11)8-9(2)3/h4,9H,1,5-8H2,2-3H3. The second kappa shape index (κ2) is 3.95. The van der Waals surface area contributed by atoms with Crippen molar-refractivity contribution in [1.29, 1.82) is 0 Å². The van der Waals surface area contributed by atoms with E-state index in [1.54, 1.807) is 0 Å². The Kier molecular flexibility index (Phi) is 3.12. The molecule has 1 fully saturated rings. The molecule has 1 aliphatic carbocycles. The van der Waals surface area contributed by atoms with Gasteiger partial charge in [-0.3, -0.25) is 0 Å². The molecule has 1 aliphatic rings. The molecule has 0 amide bonds. The van der Waals surface area contributed by atoms with Crippen molar-refractivity contribution >= 4 is 5.97 Å². The van der Waals surface area contributed by atoms with Crippen LogP contribution in [-0.4, -0.2) is 11.6 Å². The Balaban J connectivity index is 2.49. The van der Waals surface area contributed by atoms with Gasteiger partial charge in [0.1, 0.15) is 5.60 Å². The van der Waals surface area contributed by atoms with Crippen LogP contribution in [0.1, 0.15) is 39.5 Å². The van der Waals surface area contributed by atoms with Gasteiger partial charge in [0.15, 0.2) is 0 Å². The van der Waals surface area contributed by atoms with Crippen LogP contribution >= 0.6 is 0 Å². The maximum Gasteiger partial charge on any atom is 0.330 e. The molecule has 2 nitrogen and oxygen atoms in total. The average molecular weight is 182 g/mol. The SMILES string of the molecule is C=CC(=O)OC1(CC(C)C)CCC1. The molecule has 2 heteroatoms. The molecule has 0 radical (unpaired) electrons. The monoisotopic (exact) mass is 182 g/mol. The van der Waals surface area contributed by atoms with Crippen LogP contribution in [0.2, 0.25) is 0 Å². The Morgan fingerprint density at radius 2 is 2.23 bits per heavy atom. The maximum atomic E-state index is 11.1. The van der Waals surface area contributed by atoms with Crippen molar-refractivity contribution in [2.75, 3.05) is 0 Å². The first kappa shape index (κ1) is 10.3.